The van der Waals surface area contributed by atoms with Crippen molar-refractivity contribution in [2.75, 3.05) is 26.8 Å². The van der Waals surface area contributed by atoms with Crippen LogP contribution < -0.4 is 14.8 Å². The second kappa shape index (κ2) is 9.61. The monoisotopic (exact) mass is 390 g/mol. The van der Waals surface area contributed by atoms with Crippen molar-refractivity contribution in [3.8, 4) is 11.5 Å². The number of aliphatic hydroxyl groups is 1. The average molecular weight is 391 g/mol. The Morgan fingerprint density at radius 3 is 2.71 bits per heavy atom. The molecule has 6 heteroatoms. The SMILES string of the molecule is CCCCOc1c(CN2C[C@H]3C[C@@H](NC(C)=O)[C@H](O)C[C@H]3C2)cccc1OC. The molecule has 1 aliphatic carbocycles. The number of carbonyl (C=O) groups excluding carboxylic acids is 1. The van der Waals surface area contributed by atoms with Crippen molar-refractivity contribution in [1.29, 1.82) is 0 Å². The van der Waals surface area contributed by atoms with Gasteiger partial charge in [-0.15, -0.1) is 0 Å². The van der Waals surface area contributed by atoms with Crippen LogP contribution in [0.4, 0.5) is 0 Å². The Morgan fingerprint density at radius 1 is 1.29 bits per heavy atom. The largest absolute Gasteiger partial charge is 0.493 e. The smallest absolute Gasteiger partial charge is 0.217 e. The summed E-state index contributed by atoms with van der Waals surface area (Å²) in [6, 6.07) is 5.95. The summed E-state index contributed by atoms with van der Waals surface area (Å²) in [5.74, 6) is 2.56. The van der Waals surface area contributed by atoms with Gasteiger partial charge in [-0.3, -0.25) is 9.69 Å². The van der Waals surface area contributed by atoms with E-state index in [0.29, 0.717) is 18.4 Å². The van der Waals surface area contributed by atoms with E-state index in [4.69, 9.17) is 9.47 Å². The first-order valence-electron chi connectivity index (χ1n) is 10.5. The molecule has 0 radical (unpaired) electrons. The van der Waals surface area contributed by atoms with E-state index in [9.17, 15) is 9.90 Å². The van der Waals surface area contributed by atoms with Crippen molar-refractivity contribution in [2.24, 2.45) is 11.8 Å². The lowest BCUT2D eigenvalue weighted by molar-refractivity contribution is -0.121. The van der Waals surface area contributed by atoms with Crippen LogP contribution in [0.5, 0.6) is 11.5 Å². The summed E-state index contributed by atoms with van der Waals surface area (Å²) in [5.41, 5.74) is 1.15. The first-order valence-corrected chi connectivity index (χ1v) is 10.5. The maximum atomic E-state index is 11.4. The Balaban J connectivity index is 1.66. The zero-order valence-electron chi connectivity index (χ0n) is 17.3. The van der Waals surface area contributed by atoms with Crippen molar-refractivity contribution in [2.45, 2.75) is 58.2 Å². The van der Waals surface area contributed by atoms with Gasteiger partial charge in [-0.1, -0.05) is 25.5 Å². The molecule has 0 aromatic heterocycles. The van der Waals surface area contributed by atoms with E-state index in [1.165, 1.54) is 6.92 Å². The molecule has 1 saturated carbocycles. The highest BCUT2D eigenvalue weighted by Gasteiger charge is 2.42. The molecular formula is C22H34N2O4. The van der Waals surface area contributed by atoms with Crippen LogP contribution in [-0.2, 0) is 11.3 Å². The fourth-order valence-corrected chi connectivity index (χ4v) is 4.64. The number of para-hydroxylation sites is 1. The van der Waals surface area contributed by atoms with Gasteiger partial charge in [0.25, 0.3) is 0 Å². The molecule has 2 fully saturated rings. The lowest BCUT2D eigenvalue weighted by atomic mass is 9.77. The minimum absolute atomic E-state index is 0.0670. The zero-order chi connectivity index (χ0) is 20.1. The number of nitrogens with zero attached hydrogens (tertiary/aromatic N) is 1. The van der Waals surface area contributed by atoms with Gasteiger partial charge in [0.1, 0.15) is 0 Å². The van der Waals surface area contributed by atoms with Crippen molar-refractivity contribution in [3.63, 3.8) is 0 Å². The topological polar surface area (TPSA) is 71.0 Å². The first-order chi connectivity index (χ1) is 13.5. The van der Waals surface area contributed by atoms with Crippen molar-refractivity contribution in [3.05, 3.63) is 23.8 Å². The van der Waals surface area contributed by atoms with Crippen LogP contribution in [0.15, 0.2) is 18.2 Å². The fourth-order valence-electron chi connectivity index (χ4n) is 4.64. The van der Waals surface area contributed by atoms with E-state index >= 15 is 0 Å². The number of amides is 1. The van der Waals surface area contributed by atoms with Gasteiger partial charge in [-0.05, 0) is 37.2 Å². The van der Waals surface area contributed by atoms with Crippen LogP contribution in [-0.4, -0.2) is 54.9 Å². The summed E-state index contributed by atoms with van der Waals surface area (Å²) in [5, 5.41) is 13.3. The van der Waals surface area contributed by atoms with E-state index in [2.05, 4.69) is 23.2 Å². The predicted octanol–water partition coefficient (Wildman–Crippen LogP) is 2.58. The second-order valence-corrected chi connectivity index (χ2v) is 8.21. The fraction of sp³-hybridized carbons (Fsp3) is 0.682. The van der Waals surface area contributed by atoms with Crippen molar-refractivity contribution >= 4 is 5.91 Å². The Labute approximate surface area is 168 Å². The number of ether oxygens (including phenoxy) is 2. The number of methoxy groups -OCH3 is 1. The maximum Gasteiger partial charge on any atom is 0.217 e. The minimum Gasteiger partial charge on any atom is -0.493 e. The molecule has 4 atom stereocenters. The number of rotatable bonds is 8. The van der Waals surface area contributed by atoms with E-state index < -0.39 is 6.10 Å². The average Bonchev–Trinajstić information content (AvgIpc) is 3.03. The highest BCUT2D eigenvalue weighted by Crippen LogP contribution is 2.39. The van der Waals surface area contributed by atoms with Crippen LogP contribution in [0.3, 0.4) is 0 Å². The van der Waals surface area contributed by atoms with Crippen molar-refractivity contribution in [1.82, 2.24) is 10.2 Å². The van der Waals surface area contributed by atoms with Gasteiger partial charge >= 0.3 is 0 Å². The molecule has 0 spiro atoms. The lowest BCUT2D eigenvalue weighted by Crippen LogP contribution is -2.48. The Hall–Kier alpha value is -1.79. The summed E-state index contributed by atoms with van der Waals surface area (Å²) in [4.78, 5) is 13.8. The van der Waals surface area contributed by atoms with Crippen LogP contribution >= 0.6 is 0 Å². The van der Waals surface area contributed by atoms with Gasteiger partial charge in [0.2, 0.25) is 5.91 Å². The molecule has 28 heavy (non-hydrogen) atoms. The van der Waals surface area contributed by atoms with E-state index in [1.807, 2.05) is 12.1 Å². The van der Waals surface area contributed by atoms with Crippen LogP contribution in [0.2, 0.25) is 0 Å². The first kappa shape index (κ1) is 20.9. The molecule has 0 unspecified atom stereocenters. The summed E-state index contributed by atoms with van der Waals surface area (Å²) >= 11 is 0. The summed E-state index contributed by atoms with van der Waals surface area (Å²) in [6.45, 7) is 7.13. The van der Waals surface area contributed by atoms with Crippen molar-refractivity contribution < 1.29 is 19.4 Å². The molecule has 2 N–H and O–H groups in total. The third-order valence-corrected chi connectivity index (χ3v) is 6.02. The number of likely N-dealkylation sites (tertiary alicyclic amines) is 1. The quantitative estimate of drug-likeness (QED) is 0.668. The van der Waals surface area contributed by atoms with Gasteiger partial charge in [0.05, 0.1) is 25.9 Å². The number of hydrogen-bond donors (Lipinski definition) is 2. The number of hydrogen-bond acceptors (Lipinski definition) is 5. The molecule has 1 amide bonds. The lowest BCUT2D eigenvalue weighted by Gasteiger charge is -2.35. The number of benzene rings is 1. The molecule has 3 rings (SSSR count). The molecule has 1 aromatic carbocycles. The number of aliphatic hydroxyl groups excluding tert-OH is 1. The van der Waals surface area contributed by atoms with Crippen LogP contribution in [0, 0.1) is 11.8 Å². The molecule has 6 nitrogen and oxygen atoms in total. The number of unbranched alkanes of at least 4 members (excludes halogenated alkanes) is 1. The third-order valence-electron chi connectivity index (χ3n) is 6.02. The standard InChI is InChI=1S/C22H34N2O4/c1-4-5-9-28-22-16(7-6-8-21(22)27-3)12-24-13-17-10-19(23-15(2)25)20(26)11-18(17)14-24/h6-8,17-20,26H,4-5,9-14H2,1-3H3,(H,23,25)/t17-,18+,19-,20-/m1/s1. The Morgan fingerprint density at radius 2 is 2.04 bits per heavy atom. The van der Waals surface area contributed by atoms with Gasteiger partial charge in [-0.2, -0.15) is 0 Å². The molecule has 1 aromatic rings. The predicted molar refractivity (Wildman–Crippen MR) is 108 cm³/mol. The van der Waals surface area contributed by atoms with E-state index in [1.54, 1.807) is 7.11 Å². The molecule has 1 saturated heterocycles. The van der Waals surface area contributed by atoms with Crippen LogP contribution in [0.1, 0.15) is 45.1 Å². The Bertz CT molecular complexity index is 666. The number of carbonyl (C=O) groups is 1. The molecule has 1 aliphatic heterocycles. The molecular weight excluding hydrogens is 356 g/mol. The third kappa shape index (κ3) is 4.97. The van der Waals surface area contributed by atoms with E-state index in [0.717, 1.165) is 62.4 Å². The molecule has 0 bridgehead atoms. The Kier molecular flexibility index (Phi) is 7.18. The van der Waals surface area contributed by atoms with Crippen LogP contribution in [0.25, 0.3) is 0 Å². The van der Waals surface area contributed by atoms with E-state index in [-0.39, 0.29) is 11.9 Å². The molecule has 156 valence electrons. The minimum atomic E-state index is -0.449. The molecule has 2 aliphatic rings. The highest BCUT2D eigenvalue weighted by atomic mass is 16.5. The number of nitrogens with one attached hydrogen (secondary N) is 1. The zero-order valence-corrected chi connectivity index (χ0v) is 17.3. The highest BCUT2D eigenvalue weighted by molar-refractivity contribution is 5.73. The van der Waals surface area contributed by atoms with Gasteiger partial charge < -0.3 is 19.9 Å². The number of fused-ring (bicyclic) bond motifs is 1. The summed E-state index contributed by atoms with van der Waals surface area (Å²) in [7, 11) is 1.68. The summed E-state index contributed by atoms with van der Waals surface area (Å²) < 4.78 is 11.6. The summed E-state index contributed by atoms with van der Waals surface area (Å²) in [6.07, 6.45) is 3.27. The normalized spacial score (nSPS) is 27.3. The van der Waals surface area contributed by atoms with Gasteiger partial charge in [-0.25, -0.2) is 0 Å². The van der Waals surface area contributed by atoms with Gasteiger partial charge in [0.15, 0.2) is 11.5 Å². The molecule has 1 heterocycles. The second-order valence-electron chi connectivity index (χ2n) is 8.21. The van der Waals surface area contributed by atoms with Gasteiger partial charge in [0, 0.05) is 32.1 Å². The maximum absolute atomic E-state index is 11.4.